The van der Waals surface area contributed by atoms with Gasteiger partial charge in [0.2, 0.25) is 0 Å². The summed E-state index contributed by atoms with van der Waals surface area (Å²) < 4.78 is 5.57. The molecule has 0 bridgehead atoms. The van der Waals surface area contributed by atoms with E-state index in [9.17, 15) is 5.11 Å². The topological polar surface area (TPSA) is 32.7 Å². The number of aliphatic hydroxyl groups is 1. The van der Waals surface area contributed by atoms with Crippen LogP contribution in [0.1, 0.15) is 39.5 Å². The van der Waals surface area contributed by atoms with Crippen LogP contribution >= 0.6 is 0 Å². The number of rotatable bonds is 3. The van der Waals surface area contributed by atoms with Gasteiger partial charge in [-0.1, -0.05) is 13.8 Å². The third-order valence-electron chi connectivity index (χ3n) is 4.97. The summed E-state index contributed by atoms with van der Waals surface area (Å²) in [4.78, 5) is 2.50. The van der Waals surface area contributed by atoms with E-state index in [-0.39, 0.29) is 6.10 Å². The van der Waals surface area contributed by atoms with Crippen molar-refractivity contribution in [2.45, 2.75) is 51.7 Å². The summed E-state index contributed by atoms with van der Waals surface area (Å²) in [5, 5.41) is 10.1. The molecule has 0 aromatic carbocycles. The highest BCUT2D eigenvalue weighted by molar-refractivity contribution is 4.84. The molecule has 0 spiro atoms. The van der Waals surface area contributed by atoms with Crippen LogP contribution in [-0.2, 0) is 4.74 Å². The summed E-state index contributed by atoms with van der Waals surface area (Å²) in [6.07, 6.45) is 4.87. The lowest BCUT2D eigenvalue weighted by Crippen LogP contribution is -2.47. The van der Waals surface area contributed by atoms with Crippen LogP contribution in [0.4, 0.5) is 0 Å². The first kappa shape index (κ1) is 14.3. The predicted molar refractivity (Wildman–Crippen MR) is 73.5 cm³/mol. The second-order valence-electron chi connectivity index (χ2n) is 6.55. The SMILES string of the molecule is COC1CN(CC2CC(C)CCC2O)CCC1C. The normalized spacial score (nSPS) is 43.0. The highest BCUT2D eigenvalue weighted by atomic mass is 16.5. The number of ether oxygens (including phenoxy) is 1. The summed E-state index contributed by atoms with van der Waals surface area (Å²) in [6.45, 7) is 7.85. The lowest BCUT2D eigenvalue weighted by atomic mass is 9.79. The first-order chi connectivity index (χ1) is 8.60. The smallest absolute Gasteiger partial charge is 0.0724 e. The molecule has 106 valence electrons. The van der Waals surface area contributed by atoms with E-state index in [1.165, 1.54) is 25.8 Å². The summed E-state index contributed by atoms with van der Waals surface area (Å²) in [6, 6.07) is 0. The van der Waals surface area contributed by atoms with Gasteiger partial charge in [-0.3, -0.25) is 0 Å². The van der Waals surface area contributed by atoms with Gasteiger partial charge in [-0.05, 0) is 50.0 Å². The van der Waals surface area contributed by atoms with Gasteiger partial charge in [0, 0.05) is 20.2 Å². The van der Waals surface area contributed by atoms with Gasteiger partial charge < -0.3 is 14.7 Å². The Labute approximate surface area is 112 Å². The van der Waals surface area contributed by atoms with Gasteiger partial charge in [-0.15, -0.1) is 0 Å². The van der Waals surface area contributed by atoms with Crippen LogP contribution < -0.4 is 0 Å². The Morgan fingerprint density at radius 2 is 2.00 bits per heavy atom. The minimum absolute atomic E-state index is 0.0819. The minimum atomic E-state index is -0.0819. The number of nitrogens with zero attached hydrogens (tertiary/aromatic N) is 1. The number of likely N-dealkylation sites (tertiary alicyclic amines) is 1. The van der Waals surface area contributed by atoms with Crippen molar-refractivity contribution in [3.63, 3.8) is 0 Å². The van der Waals surface area contributed by atoms with Crippen LogP contribution in [0.2, 0.25) is 0 Å². The van der Waals surface area contributed by atoms with Gasteiger partial charge in [0.15, 0.2) is 0 Å². The Morgan fingerprint density at radius 1 is 1.22 bits per heavy atom. The van der Waals surface area contributed by atoms with Crippen LogP contribution in [-0.4, -0.2) is 49.0 Å². The second-order valence-corrected chi connectivity index (χ2v) is 6.55. The standard InChI is InChI=1S/C15H29NO2/c1-11-4-5-14(17)13(8-11)9-16-7-6-12(2)15(10-16)18-3/h11-15,17H,4-10H2,1-3H3. The molecular weight excluding hydrogens is 226 g/mol. The summed E-state index contributed by atoms with van der Waals surface area (Å²) in [5.74, 6) is 1.92. The Kier molecular flexibility index (Phi) is 5.05. The molecule has 1 N–H and O–H groups in total. The highest BCUT2D eigenvalue weighted by Crippen LogP contribution is 2.30. The largest absolute Gasteiger partial charge is 0.393 e. The average Bonchev–Trinajstić information content (AvgIpc) is 2.36. The number of hydrogen-bond acceptors (Lipinski definition) is 3. The zero-order valence-electron chi connectivity index (χ0n) is 12.1. The molecule has 2 rings (SSSR count). The molecule has 1 aliphatic carbocycles. The van der Waals surface area contributed by atoms with Crippen molar-refractivity contribution in [1.82, 2.24) is 4.90 Å². The molecule has 1 heterocycles. The molecule has 0 aromatic heterocycles. The van der Waals surface area contributed by atoms with Gasteiger partial charge in [0.1, 0.15) is 0 Å². The summed E-state index contributed by atoms with van der Waals surface area (Å²) in [7, 11) is 1.82. The van der Waals surface area contributed by atoms with Gasteiger partial charge in [-0.2, -0.15) is 0 Å². The molecule has 1 saturated heterocycles. The maximum Gasteiger partial charge on any atom is 0.0724 e. The van der Waals surface area contributed by atoms with Crippen LogP contribution in [0.15, 0.2) is 0 Å². The van der Waals surface area contributed by atoms with Gasteiger partial charge >= 0.3 is 0 Å². The molecule has 3 heteroatoms. The summed E-state index contributed by atoms with van der Waals surface area (Å²) in [5.41, 5.74) is 0. The fourth-order valence-electron chi connectivity index (χ4n) is 3.58. The Bertz CT molecular complexity index is 259. The van der Waals surface area contributed by atoms with Crippen LogP contribution in [0.25, 0.3) is 0 Å². The summed E-state index contributed by atoms with van der Waals surface area (Å²) >= 11 is 0. The van der Waals surface area contributed by atoms with Crippen LogP contribution in [0, 0.1) is 17.8 Å². The maximum atomic E-state index is 10.1. The lowest BCUT2D eigenvalue weighted by Gasteiger charge is -2.40. The van der Waals surface area contributed by atoms with E-state index in [0.29, 0.717) is 17.9 Å². The molecule has 3 nitrogen and oxygen atoms in total. The fourth-order valence-corrected chi connectivity index (χ4v) is 3.58. The molecule has 18 heavy (non-hydrogen) atoms. The zero-order valence-corrected chi connectivity index (χ0v) is 12.1. The Hall–Kier alpha value is -0.120. The van der Waals surface area contributed by atoms with Gasteiger partial charge in [0.25, 0.3) is 0 Å². The Balaban J connectivity index is 1.85. The molecule has 2 fully saturated rings. The Morgan fingerprint density at radius 3 is 2.72 bits per heavy atom. The highest BCUT2D eigenvalue weighted by Gasteiger charge is 2.32. The monoisotopic (exact) mass is 255 g/mol. The molecule has 0 amide bonds. The molecule has 2 aliphatic rings. The number of hydrogen-bond donors (Lipinski definition) is 1. The zero-order chi connectivity index (χ0) is 13.1. The molecule has 5 unspecified atom stereocenters. The van der Waals surface area contributed by atoms with E-state index in [2.05, 4.69) is 18.7 Å². The van der Waals surface area contributed by atoms with Crippen molar-refractivity contribution in [2.75, 3.05) is 26.7 Å². The average molecular weight is 255 g/mol. The van der Waals surface area contributed by atoms with E-state index < -0.39 is 0 Å². The van der Waals surface area contributed by atoms with E-state index in [1.54, 1.807) is 0 Å². The van der Waals surface area contributed by atoms with Crippen molar-refractivity contribution >= 4 is 0 Å². The van der Waals surface area contributed by atoms with Crippen molar-refractivity contribution in [1.29, 1.82) is 0 Å². The lowest BCUT2D eigenvalue weighted by molar-refractivity contribution is -0.0273. The molecule has 5 atom stereocenters. The van der Waals surface area contributed by atoms with E-state index in [0.717, 1.165) is 25.4 Å². The van der Waals surface area contributed by atoms with Crippen LogP contribution in [0.5, 0.6) is 0 Å². The van der Waals surface area contributed by atoms with Crippen molar-refractivity contribution in [3.05, 3.63) is 0 Å². The van der Waals surface area contributed by atoms with E-state index in [4.69, 9.17) is 4.74 Å². The molecule has 1 saturated carbocycles. The van der Waals surface area contributed by atoms with E-state index in [1.807, 2.05) is 7.11 Å². The molecule has 0 aromatic rings. The van der Waals surface area contributed by atoms with Crippen molar-refractivity contribution < 1.29 is 9.84 Å². The molecule has 1 aliphatic heterocycles. The first-order valence-electron chi connectivity index (χ1n) is 7.53. The van der Waals surface area contributed by atoms with Crippen LogP contribution in [0.3, 0.4) is 0 Å². The van der Waals surface area contributed by atoms with Crippen molar-refractivity contribution in [2.24, 2.45) is 17.8 Å². The number of aliphatic hydroxyl groups excluding tert-OH is 1. The number of piperidine rings is 1. The minimum Gasteiger partial charge on any atom is -0.393 e. The maximum absolute atomic E-state index is 10.1. The molecular formula is C15H29NO2. The van der Waals surface area contributed by atoms with Gasteiger partial charge in [0.05, 0.1) is 12.2 Å². The van der Waals surface area contributed by atoms with Crippen molar-refractivity contribution in [3.8, 4) is 0 Å². The predicted octanol–water partition coefficient (Wildman–Crippen LogP) is 2.14. The molecule has 0 radical (unpaired) electrons. The second kappa shape index (κ2) is 6.36. The quantitative estimate of drug-likeness (QED) is 0.838. The van der Waals surface area contributed by atoms with Gasteiger partial charge in [-0.25, -0.2) is 0 Å². The van der Waals surface area contributed by atoms with E-state index >= 15 is 0 Å². The number of methoxy groups -OCH3 is 1. The third kappa shape index (κ3) is 3.46. The third-order valence-corrected chi connectivity index (χ3v) is 4.97. The first-order valence-corrected chi connectivity index (χ1v) is 7.53. The fraction of sp³-hybridized carbons (Fsp3) is 1.00.